The molecule has 0 rings (SSSR count). The molecule has 0 aliphatic heterocycles. The Bertz CT molecular complexity index is 614. The standard InChI is InChI=1S/C25H42O8/c1-6-7-11-15-23(32-20(3)27)24(33-21(4)28)18-17-22(31-19(2)26)14-12-9-8-10-13-16-25(29)30-5/h17-18,22-24H,6-16H2,1-5H3. The van der Waals surface area contributed by atoms with Crippen molar-refractivity contribution in [3.05, 3.63) is 12.2 Å². The molecule has 8 heteroatoms. The second-order valence-electron chi connectivity index (χ2n) is 8.13. The van der Waals surface area contributed by atoms with Gasteiger partial charge < -0.3 is 18.9 Å². The predicted molar refractivity (Wildman–Crippen MR) is 124 cm³/mol. The molecule has 0 aromatic rings. The van der Waals surface area contributed by atoms with Gasteiger partial charge in [-0.1, -0.05) is 39.0 Å². The third-order valence-corrected chi connectivity index (χ3v) is 5.01. The van der Waals surface area contributed by atoms with Crippen molar-refractivity contribution in [3.8, 4) is 0 Å². The molecule has 0 saturated carbocycles. The molecule has 8 nitrogen and oxygen atoms in total. The minimum Gasteiger partial charge on any atom is -0.469 e. The van der Waals surface area contributed by atoms with Crippen molar-refractivity contribution >= 4 is 23.9 Å². The van der Waals surface area contributed by atoms with E-state index >= 15 is 0 Å². The molecular weight excluding hydrogens is 428 g/mol. The van der Waals surface area contributed by atoms with Crippen LogP contribution in [0.2, 0.25) is 0 Å². The van der Waals surface area contributed by atoms with E-state index in [0.717, 1.165) is 51.4 Å². The van der Waals surface area contributed by atoms with Crippen molar-refractivity contribution in [1.82, 2.24) is 0 Å². The number of unbranched alkanes of at least 4 members (excludes halogenated alkanes) is 6. The molecular formula is C25H42O8. The third-order valence-electron chi connectivity index (χ3n) is 5.01. The van der Waals surface area contributed by atoms with Crippen LogP contribution in [-0.4, -0.2) is 49.3 Å². The van der Waals surface area contributed by atoms with Crippen LogP contribution in [0.15, 0.2) is 12.2 Å². The lowest BCUT2D eigenvalue weighted by Crippen LogP contribution is -2.33. The van der Waals surface area contributed by atoms with E-state index in [0.29, 0.717) is 19.3 Å². The molecule has 0 aromatic carbocycles. The maximum atomic E-state index is 11.6. The Morgan fingerprint density at radius 2 is 1.27 bits per heavy atom. The van der Waals surface area contributed by atoms with Crippen LogP contribution in [0.25, 0.3) is 0 Å². The Balaban J connectivity index is 4.97. The highest BCUT2D eigenvalue weighted by atomic mass is 16.6. The van der Waals surface area contributed by atoms with E-state index in [9.17, 15) is 19.2 Å². The number of rotatable bonds is 18. The van der Waals surface area contributed by atoms with Gasteiger partial charge in [0.2, 0.25) is 0 Å². The van der Waals surface area contributed by atoms with Gasteiger partial charge in [-0.05, 0) is 44.3 Å². The summed E-state index contributed by atoms with van der Waals surface area (Å²) in [5.74, 6) is -1.51. The molecule has 0 spiro atoms. The number of carbonyl (C=O) groups excluding carboxylic acids is 4. The number of hydrogen-bond donors (Lipinski definition) is 0. The first kappa shape index (κ1) is 30.6. The Morgan fingerprint density at radius 3 is 1.85 bits per heavy atom. The first-order valence-corrected chi connectivity index (χ1v) is 12.0. The van der Waals surface area contributed by atoms with Crippen LogP contribution in [0.1, 0.15) is 98.3 Å². The molecule has 0 heterocycles. The Kier molecular flexibility index (Phi) is 17.7. The normalized spacial score (nSPS) is 13.7. The number of carbonyl (C=O) groups is 4. The van der Waals surface area contributed by atoms with E-state index in [2.05, 4.69) is 11.7 Å². The SMILES string of the molecule is CCCCCC(OC(C)=O)C(C=CC(CCCCCCCC(=O)OC)OC(C)=O)OC(C)=O. The Labute approximate surface area is 198 Å². The maximum absolute atomic E-state index is 11.6. The fourth-order valence-corrected chi connectivity index (χ4v) is 3.42. The summed E-state index contributed by atoms with van der Waals surface area (Å²) in [5, 5.41) is 0. The van der Waals surface area contributed by atoms with Gasteiger partial charge in [0, 0.05) is 27.2 Å². The molecule has 0 aromatic heterocycles. The molecule has 3 atom stereocenters. The molecule has 0 radical (unpaired) electrons. The zero-order valence-corrected chi connectivity index (χ0v) is 20.9. The van der Waals surface area contributed by atoms with Gasteiger partial charge in [-0.15, -0.1) is 0 Å². The van der Waals surface area contributed by atoms with Gasteiger partial charge in [0.15, 0.2) is 6.10 Å². The first-order valence-electron chi connectivity index (χ1n) is 12.0. The van der Waals surface area contributed by atoms with E-state index < -0.39 is 36.2 Å². The Morgan fingerprint density at radius 1 is 0.697 bits per heavy atom. The fraction of sp³-hybridized carbons (Fsp3) is 0.760. The van der Waals surface area contributed by atoms with Gasteiger partial charge in [0.1, 0.15) is 12.2 Å². The van der Waals surface area contributed by atoms with E-state index in [4.69, 9.17) is 14.2 Å². The van der Waals surface area contributed by atoms with Crippen LogP contribution in [-0.2, 0) is 38.1 Å². The first-order chi connectivity index (χ1) is 15.7. The summed E-state index contributed by atoms with van der Waals surface area (Å²) in [7, 11) is 1.39. The molecule has 33 heavy (non-hydrogen) atoms. The smallest absolute Gasteiger partial charge is 0.305 e. The average Bonchev–Trinajstić information content (AvgIpc) is 2.73. The Hall–Kier alpha value is -2.38. The van der Waals surface area contributed by atoms with Gasteiger partial charge in [-0.2, -0.15) is 0 Å². The highest BCUT2D eigenvalue weighted by Crippen LogP contribution is 2.18. The predicted octanol–water partition coefficient (Wildman–Crippen LogP) is 4.82. The van der Waals surface area contributed by atoms with E-state index in [-0.39, 0.29) is 5.97 Å². The topological polar surface area (TPSA) is 105 Å². The summed E-state index contributed by atoms with van der Waals surface area (Å²) < 4.78 is 20.9. The van der Waals surface area contributed by atoms with Gasteiger partial charge in [-0.3, -0.25) is 19.2 Å². The quantitative estimate of drug-likeness (QED) is 0.121. The van der Waals surface area contributed by atoms with Crippen LogP contribution < -0.4 is 0 Å². The lowest BCUT2D eigenvalue weighted by atomic mass is 10.0. The molecule has 3 unspecified atom stereocenters. The lowest BCUT2D eigenvalue weighted by molar-refractivity contribution is -0.162. The highest BCUT2D eigenvalue weighted by Gasteiger charge is 2.25. The van der Waals surface area contributed by atoms with Gasteiger partial charge in [-0.25, -0.2) is 0 Å². The zero-order valence-electron chi connectivity index (χ0n) is 20.9. The second kappa shape index (κ2) is 19.1. The second-order valence-corrected chi connectivity index (χ2v) is 8.13. The zero-order chi connectivity index (χ0) is 25.1. The molecule has 0 bridgehead atoms. The largest absolute Gasteiger partial charge is 0.469 e. The van der Waals surface area contributed by atoms with E-state index in [1.807, 2.05) is 0 Å². The molecule has 0 aliphatic rings. The van der Waals surface area contributed by atoms with Crippen LogP contribution in [0.5, 0.6) is 0 Å². The van der Waals surface area contributed by atoms with Gasteiger partial charge in [0.25, 0.3) is 0 Å². The number of ether oxygens (including phenoxy) is 4. The van der Waals surface area contributed by atoms with Gasteiger partial charge in [0.05, 0.1) is 7.11 Å². The molecule has 190 valence electrons. The molecule has 0 N–H and O–H groups in total. The van der Waals surface area contributed by atoms with E-state index in [1.54, 1.807) is 12.2 Å². The highest BCUT2D eigenvalue weighted by molar-refractivity contribution is 5.69. The molecule has 0 aliphatic carbocycles. The van der Waals surface area contributed by atoms with Crippen molar-refractivity contribution in [3.63, 3.8) is 0 Å². The molecule has 0 saturated heterocycles. The van der Waals surface area contributed by atoms with Crippen molar-refractivity contribution in [2.75, 3.05) is 7.11 Å². The van der Waals surface area contributed by atoms with Crippen molar-refractivity contribution < 1.29 is 38.1 Å². The summed E-state index contributed by atoms with van der Waals surface area (Å²) in [5.41, 5.74) is 0. The third kappa shape index (κ3) is 17.8. The molecule has 0 fully saturated rings. The lowest BCUT2D eigenvalue weighted by Gasteiger charge is -2.24. The van der Waals surface area contributed by atoms with Crippen molar-refractivity contribution in [2.24, 2.45) is 0 Å². The summed E-state index contributed by atoms with van der Waals surface area (Å²) in [6.45, 7) is 6.06. The minimum absolute atomic E-state index is 0.195. The molecule has 0 amide bonds. The maximum Gasteiger partial charge on any atom is 0.305 e. The van der Waals surface area contributed by atoms with Crippen LogP contribution >= 0.6 is 0 Å². The van der Waals surface area contributed by atoms with Crippen molar-refractivity contribution in [2.45, 2.75) is 117 Å². The minimum atomic E-state index is -0.750. The van der Waals surface area contributed by atoms with Crippen LogP contribution in [0, 0.1) is 0 Å². The van der Waals surface area contributed by atoms with Crippen LogP contribution in [0.3, 0.4) is 0 Å². The number of methoxy groups -OCH3 is 1. The van der Waals surface area contributed by atoms with E-state index in [1.165, 1.54) is 27.9 Å². The summed E-state index contributed by atoms with van der Waals surface area (Å²) >= 11 is 0. The summed E-state index contributed by atoms with van der Waals surface area (Å²) in [6.07, 6.45) is 10.5. The summed E-state index contributed by atoms with van der Waals surface area (Å²) in [4.78, 5) is 45.9. The monoisotopic (exact) mass is 470 g/mol. The summed E-state index contributed by atoms with van der Waals surface area (Å²) in [6, 6.07) is 0. The fourth-order valence-electron chi connectivity index (χ4n) is 3.42. The number of hydrogen-bond acceptors (Lipinski definition) is 8. The van der Waals surface area contributed by atoms with Crippen LogP contribution in [0.4, 0.5) is 0 Å². The van der Waals surface area contributed by atoms with Crippen molar-refractivity contribution in [1.29, 1.82) is 0 Å². The average molecular weight is 471 g/mol. The number of esters is 4. The van der Waals surface area contributed by atoms with Gasteiger partial charge >= 0.3 is 23.9 Å².